The van der Waals surface area contributed by atoms with Crippen LogP contribution in [0, 0.1) is 18.2 Å². The smallest absolute Gasteiger partial charge is 0.123 e. The maximum absolute atomic E-state index is 13.0. The Morgan fingerprint density at radius 2 is 2.19 bits per heavy atom. The molecular weight excluding hydrogens is 201 g/mol. The first-order valence-corrected chi connectivity index (χ1v) is 5.54. The fraction of sp³-hybridized carbons (Fsp3) is 0.429. The lowest BCUT2D eigenvalue weighted by Gasteiger charge is -2.26. The molecule has 0 saturated carbocycles. The second kappa shape index (κ2) is 5.26. The molecule has 1 unspecified atom stereocenters. The largest absolute Gasteiger partial charge is 0.319 e. The van der Waals surface area contributed by atoms with Crippen LogP contribution in [0.5, 0.6) is 0 Å². The molecule has 0 fully saturated rings. The van der Waals surface area contributed by atoms with Crippen LogP contribution in [-0.2, 0) is 6.42 Å². The molecule has 0 spiro atoms. The van der Waals surface area contributed by atoms with E-state index in [-0.39, 0.29) is 11.2 Å². The summed E-state index contributed by atoms with van der Waals surface area (Å²) in [7, 11) is 1.93. The standard InChI is InChI=1S/C14H20FN/c1-5-14(3,10-16-4)9-12-6-7-13(15)8-11(12)2/h5-8,16H,1,9-10H2,2-4H3. The first-order valence-electron chi connectivity index (χ1n) is 5.54. The predicted molar refractivity (Wildman–Crippen MR) is 67.1 cm³/mol. The van der Waals surface area contributed by atoms with E-state index < -0.39 is 0 Å². The molecule has 0 saturated heterocycles. The van der Waals surface area contributed by atoms with Gasteiger partial charge in [0.15, 0.2) is 0 Å². The average molecular weight is 221 g/mol. The second-order valence-corrected chi connectivity index (χ2v) is 4.64. The van der Waals surface area contributed by atoms with E-state index in [1.165, 1.54) is 11.6 Å². The van der Waals surface area contributed by atoms with E-state index in [0.29, 0.717) is 0 Å². The number of halogens is 1. The van der Waals surface area contributed by atoms with E-state index in [9.17, 15) is 4.39 Å². The highest BCUT2D eigenvalue weighted by molar-refractivity contribution is 5.28. The van der Waals surface area contributed by atoms with Crippen molar-refractivity contribution in [3.8, 4) is 0 Å². The molecule has 0 heterocycles. The number of nitrogens with one attached hydrogen (secondary N) is 1. The third-order valence-corrected chi connectivity index (χ3v) is 2.97. The molecule has 0 radical (unpaired) electrons. The van der Waals surface area contributed by atoms with Gasteiger partial charge in [-0.2, -0.15) is 0 Å². The van der Waals surface area contributed by atoms with Crippen molar-refractivity contribution in [3.63, 3.8) is 0 Å². The molecule has 88 valence electrons. The lowest BCUT2D eigenvalue weighted by Crippen LogP contribution is -2.30. The highest BCUT2D eigenvalue weighted by Crippen LogP contribution is 2.25. The molecule has 0 aliphatic heterocycles. The number of hydrogen-bond donors (Lipinski definition) is 1. The van der Waals surface area contributed by atoms with Gasteiger partial charge in [0.05, 0.1) is 0 Å². The summed E-state index contributed by atoms with van der Waals surface area (Å²) < 4.78 is 13.0. The summed E-state index contributed by atoms with van der Waals surface area (Å²) in [5, 5.41) is 3.16. The van der Waals surface area contributed by atoms with Crippen LogP contribution in [0.4, 0.5) is 4.39 Å². The van der Waals surface area contributed by atoms with Gasteiger partial charge in [0.25, 0.3) is 0 Å². The zero-order valence-corrected chi connectivity index (χ0v) is 10.3. The van der Waals surface area contributed by atoms with Crippen LogP contribution in [-0.4, -0.2) is 13.6 Å². The zero-order chi connectivity index (χ0) is 12.2. The summed E-state index contributed by atoms with van der Waals surface area (Å²) in [4.78, 5) is 0. The lowest BCUT2D eigenvalue weighted by atomic mass is 9.82. The minimum atomic E-state index is -0.171. The number of aryl methyl sites for hydroxylation is 1. The normalized spacial score (nSPS) is 14.5. The first-order chi connectivity index (χ1) is 7.50. The molecule has 1 atom stereocenters. The van der Waals surface area contributed by atoms with Crippen molar-refractivity contribution in [1.82, 2.24) is 5.32 Å². The Hall–Kier alpha value is -1.15. The first kappa shape index (κ1) is 12.9. The molecule has 2 heteroatoms. The molecule has 1 aromatic carbocycles. The maximum atomic E-state index is 13.0. The molecule has 0 aliphatic rings. The highest BCUT2D eigenvalue weighted by Gasteiger charge is 2.20. The average Bonchev–Trinajstić information content (AvgIpc) is 2.23. The summed E-state index contributed by atoms with van der Waals surface area (Å²) >= 11 is 0. The molecule has 16 heavy (non-hydrogen) atoms. The number of benzene rings is 1. The van der Waals surface area contributed by atoms with E-state index in [4.69, 9.17) is 0 Å². The monoisotopic (exact) mass is 221 g/mol. The Morgan fingerprint density at radius 1 is 1.50 bits per heavy atom. The van der Waals surface area contributed by atoms with Gasteiger partial charge in [-0.15, -0.1) is 6.58 Å². The predicted octanol–water partition coefficient (Wildman–Crippen LogP) is 3.09. The Morgan fingerprint density at radius 3 is 2.69 bits per heavy atom. The molecule has 0 aliphatic carbocycles. The van der Waals surface area contributed by atoms with E-state index in [2.05, 4.69) is 18.8 Å². The Bertz CT molecular complexity index is 373. The Balaban J connectivity index is 2.89. The molecule has 1 N–H and O–H groups in total. The van der Waals surface area contributed by atoms with Crippen LogP contribution in [0.3, 0.4) is 0 Å². The van der Waals surface area contributed by atoms with Crippen molar-refractivity contribution in [3.05, 3.63) is 47.8 Å². The minimum Gasteiger partial charge on any atom is -0.319 e. The van der Waals surface area contributed by atoms with Crippen molar-refractivity contribution in [2.24, 2.45) is 5.41 Å². The van der Waals surface area contributed by atoms with Crippen LogP contribution >= 0.6 is 0 Å². The number of rotatable bonds is 5. The molecule has 0 amide bonds. The Labute approximate surface area is 97.4 Å². The topological polar surface area (TPSA) is 12.0 Å². The lowest BCUT2D eigenvalue weighted by molar-refractivity contribution is 0.405. The summed E-state index contributed by atoms with van der Waals surface area (Å²) in [6, 6.07) is 4.96. The fourth-order valence-electron chi connectivity index (χ4n) is 1.90. The molecule has 0 bridgehead atoms. The minimum absolute atomic E-state index is 0.0112. The summed E-state index contributed by atoms with van der Waals surface area (Å²) in [6.07, 6.45) is 2.84. The third-order valence-electron chi connectivity index (χ3n) is 2.97. The quantitative estimate of drug-likeness (QED) is 0.753. The van der Waals surface area contributed by atoms with Gasteiger partial charge in [0, 0.05) is 12.0 Å². The van der Waals surface area contributed by atoms with Crippen LogP contribution in [0.2, 0.25) is 0 Å². The fourth-order valence-corrected chi connectivity index (χ4v) is 1.90. The van der Waals surface area contributed by atoms with Crippen LogP contribution in [0.15, 0.2) is 30.9 Å². The van der Waals surface area contributed by atoms with Crippen LogP contribution < -0.4 is 5.32 Å². The van der Waals surface area contributed by atoms with Gasteiger partial charge in [-0.25, -0.2) is 4.39 Å². The van der Waals surface area contributed by atoms with E-state index in [1.54, 1.807) is 6.07 Å². The van der Waals surface area contributed by atoms with Crippen LogP contribution in [0.25, 0.3) is 0 Å². The van der Waals surface area contributed by atoms with E-state index in [0.717, 1.165) is 18.5 Å². The second-order valence-electron chi connectivity index (χ2n) is 4.64. The number of hydrogen-bond acceptors (Lipinski definition) is 1. The molecular formula is C14H20FN. The van der Waals surface area contributed by atoms with E-state index in [1.807, 2.05) is 26.1 Å². The van der Waals surface area contributed by atoms with Crippen LogP contribution in [0.1, 0.15) is 18.1 Å². The van der Waals surface area contributed by atoms with Crippen molar-refractivity contribution < 1.29 is 4.39 Å². The summed E-state index contributed by atoms with van der Waals surface area (Å²) in [6.45, 7) is 8.85. The van der Waals surface area contributed by atoms with Crippen molar-refractivity contribution in [2.75, 3.05) is 13.6 Å². The summed E-state index contributed by atoms with van der Waals surface area (Å²) in [5.74, 6) is -0.171. The van der Waals surface area contributed by atoms with Gasteiger partial charge in [0.1, 0.15) is 5.82 Å². The van der Waals surface area contributed by atoms with Gasteiger partial charge >= 0.3 is 0 Å². The van der Waals surface area contributed by atoms with E-state index >= 15 is 0 Å². The maximum Gasteiger partial charge on any atom is 0.123 e. The van der Waals surface area contributed by atoms with Crippen molar-refractivity contribution in [1.29, 1.82) is 0 Å². The Kier molecular flexibility index (Phi) is 4.25. The highest BCUT2D eigenvalue weighted by atomic mass is 19.1. The van der Waals surface area contributed by atoms with Gasteiger partial charge in [-0.1, -0.05) is 19.1 Å². The van der Waals surface area contributed by atoms with Gasteiger partial charge in [-0.3, -0.25) is 0 Å². The molecule has 1 nitrogen and oxygen atoms in total. The molecule has 1 aromatic rings. The summed E-state index contributed by atoms with van der Waals surface area (Å²) in [5.41, 5.74) is 2.19. The SMILES string of the molecule is C=CC(C)(CNC)Cc1ccc(F)cc1C. The molecule has 0 aromatic heterocycles. The molecule has 1 rings (SSSR count). The third kappa shape index (κ3) is 3.17. The van der Waals surface area contributed by atoms with Gasteiger partial charge in [-0.05, 0) is 43.7 Å². The van der Waals surface area contributed by atoms with Gasteiger partial charge in [0.2, 0.25) is 0 Å². The zero-order valence-electron chi connectivity index (χ0n) is 10.3. The van der Waals surface area contributed by atoms with Crippen molar-refractivity contribution in [2.45, 2.75) is 20.3 Å². The van der Waals surface area contributed by atoms with Gasteiger partial charge < -0.3 is 5.32 Å². The van der Waals surface area contributed by atoms with Crippen molar-refractivity contribution >= 4 is 0 Å².